The minimum absolute atomic E-state index is 0.0233. The Bertz CT molecular complexity index is 1020. The van der Waals surface area contributed by atoms with Gasteiger partial charge in [0.05, 0.1) is 12.6 Å². The Balaban J connectivity index is 1.93. The number of amides is 1. The highest BCUT2D eigenvalue weighted by Crippen LogP contribution is 2.43. The fourth-order valence-electron chi connectivity index (χ4n) is 3.29. The molecule has 1 aliphatic heterocycles. The lowest BCUT2D eigenvalue weighted by molar-refractivity contribution is -0.141. The standard InChI is InChI=1S/C20H22F6N4O3S/c1-18(2,3)33-17(32)30-7-6-29(9-12(30)10-31)15-14(28-16(34-15)20(24,25)26)11-4-5-13(27-8-11)19(21,22)23/h4-5,8,12,31H,6-7,9-10H2,1-3H3/t12-/m1/s1. The van der Waals surface area contributed by atoms with E-state index in [2.05, 4.69) is 9.97 Å². The molecule has 0 aliphatic carbocycles. The fraction of sp³-hybridized carbons (Fsp3) is 0.550. The van der Waals surface area contributed by atoms with Crippen LogP contribution in [0.1, 0.15) is 31.5 Å². The summed E-state index contributed by atoms with van der Waals surface area (Å²) >= 11 is 0.333. The molecule has 0 radical (unpaired) electrons. The molecule has 1 atom stereocenters. The van der Waals surface area contributed by atoms with Crippen molar-refractivity contribution in [1.82, 2.24) is 14.9 Å². The smallest absolute Gasteiger partial charge is 0.443 e. The molecule has 0 bridgehead atoms. The number of carbonyl (C=O) groups excluding carboxylic acids is 1. The van der Waals surface area contributed by atoms with Crippen molar-refractivity contribution in [2.45, 2.75) is 44.8 Å². The van der Waals surface area contributed by atoms with E-state index in [9.17, 15) is 36.2 Å². The van der Waals surface area contributed by atoms with Gasteiger partial charge in [-0.15, -0.1) is 0 Å². The summed E-state index contributed by atoms with van der Waals surface area (Å²) in [6, 6.07) is 0.899. The molecule has 1 saturated heterocycles. The zero-order valence-electron chi connectivity index (χ0n) is 18.4. The third kappa shape index (κ3) is 5.90. The zero-order valence-corrected chi connectivity index (χ0v) is 19.2. The summed E-state index contributed by atoms with van der Waals surface area (Å²) in [5.74, 6) is 0. The number of hydrogen-bond acceptors (Lipinski definition) is 7. The van der Waals surface area contributed by atoms with Crippen molar-refractivity contribution in [3.63, 3.8) is 0 Å². The van der Waals surface area contributed by atoms with Gasteiger partial charge in [0.2, 0.25) is 5.01 Å². The van der Waals surface area contributed by atoms with Crippen molar-refractivity contribution in [3.05, 3.63) is 29.0 Å². The van der Waals surface area contributed by atoms with Crippen molar-refractivity contribution in [2.24, 2.45) is 0 Å². The average Bonchev–Trinajstić information content (AvgIpc) is 3.17. The molecule has 3 heterocycles. The second-order valence-electron chi connectivity index (χ2n) is 8.56. The number of hydrogen-bond donors (Lipinski definition) is 1. The van der Waals surface area contributed by atoms with Crippen molar-refractivity contribution in [2.75, 3.05) is 31.1 Å². The number of aliphatic hydroxyl groups is 1. The molecule has 0 unspecified atom stereocenters. The summed E-state index contributed by atoms with van der Waals surface area (Å²) in [5, 5.41) is 8.69. The monoisotopic (exact) mass is 512 g/mol. The van der Waals surface area contributed by atoms with E-state index < -0.39 is 47.4 Å². The molecule has 1 amide bonds. The fourth-order valence-corrected chi connectivity index (χ4v) is 4.29. The van der Waals surface area contributed by atoms with Crippen LogP contribution in [0.4, 0.5) is 36.1 Å². The molecule has 1 N–H and O–H groups in total. The van der Waals surface area contributed by atoms with Crippen molar-refractivity contribution in [3.8, 4) is 11.3 Å². The number of nitrogens with zero attached hydrogens (tertiary/aromatic N) is 4. The first-order valence-electron chi connectivity index (χ1n) is 10.1. The predicted octanol–water partition coefficient (Wildman–Crippen LogP) is 4.66. The molecule has 0 spiro atoms. The van der Waals surface area contributed by atoms with Crippen LogP contribution in [-0.2, 0) is 17.1 Å². The Labute approximate surface area is 195 Å². The Hall–Kier alpha value is -2.61. The maximum Gasteiger partial charge on any atom is 0.443 e. The normalized spacial score (nSPS) is 17.8. The van der Waals surface area contributed by atoms with Gasteiger partial charge in [0.15, 0.2) is 0 Å². The van der Waals surface area contributed by atoms with Crippen molar-refractivity contribution < 1.29 is 41.0 Å². The number of piperazine rings is 1. The number of rotatable bonds is 3. The first-order chi connectivity index (χ1) is 15.6. The van der Waals surface area contributed by atoms with Crippen LogP contribution in [0.25, 0.3) is 11.3 Å². The summed E-state index contributed by atoms with van der Waals surface area (Å²) < 4.78 is 84.1. The molecule has 2 aromatic heterocycles. The molecule has 0 saturated carbocycles. The summed E-state index contributed by atoms with van der Waals surface area (Å²) in [7, 11) is 0. The lowest BCUT2D eigenvalue weighted by atomic mass is 10.1. The highest BCUT2D eigenvalue weighted by Gasteiger charge is 2.40. The highest BCUT2D eigenvalue weighted by molar-refractivity contribution is 7.16. The number of pyridine rings is 1. The summed E-state index contributed by atoms with van der Waals surface area (Å²) in [6.45, 7) is 4.66. The van der Waals surface area contributed by atoms with E-state index >= 15 is 0 Å². The molecule has 14 heteroatoms. The van der Waals surface area contributed by atoms with Crippen molar-refractivity contribution >= 4 is 22.4 Å². The van der Waals surface area contributed by atoms with Crippen molar-refractivity contribution in [1.29, 1.82) is 0 Å². The number of aromatic nitrogens is 2. The second-order valence-corrected chi connectivity index (χ2v) is 9.53. The van der Waals surface area contributed by atoms with Crippen LogP contribution in [0.3, 0.4) is 0 Å². The molecule has 188 valence electrons. The van der Waals surface area contributed by atoms with E-state index in [-0.39, 0.29) is 35.9 Å². The SMILES string of the molecule is CC(C)(C)OC(=O)N1CCN(c2sc(C(F)(F)F)nc2-c2ccc(C(F)(F)F)nc2)C[C@@H]1CO. The summed E-state index contributed by atoms with van der Waals surface area (Å²) in [4.78, 5) is 22.2. The van der Waals surface area contributed by atoms with Gasteiger partial charge >= 0.3 is 18.4 Å². The number of aliphatic hydroxyl groups excluding tert-OH is 1. The van der Waals surface area contributed by atoms with Crippen LogP contribution >= 0.6 is 11.3 Å². The van der Waals surface area contributed by atoms with Gasteiger partial charge in [0.1, 0.15) is 22.0 Å². The molecule has 2 aromatic rings. The van der Waals surface area contributed by atoms with Crippen LogP contribution in [-0.4, -0.2) is 64.0 Å². The van der Waals surface area contributed by atoms with Gasteiger partial charge in [-0.25, -0.2) is 9.78 Å². The average molecular weight is 512 g/mol. The predicted molar refractivity (Wildman–Crippen MR) is 111 cm³/mol. The summed E-state index contributed by atoms with van der Waals surface area (Å²) in [5.41, 5.74) is -2.17. The van der Waals surface area contributed by atoms with Crippen LogP contribution in [0.15, 0.2) is 18.3 Å². The number of carbonyl (C=O) groups is 1. The van der Waals surface area contributed by atoms with Gasteiger partial charge < -0.3 is 14.7 Å². The van der Waals surface area contributed by atoms with Gasteiger partial charge in [0.25, 0.3) is 0 Å². The number of anilines is 1. The number of alkyl halides is 6. The molecule has 3 rings (SSSR count). The van der Waals surface area contributed by atoms with E-state index in [1.54, 1.807) is 20.8 Å². The maximum absolute atomic E-state index is 13.4. The number of thiazole rings is 1. The summed E-state index contributed by atoms with van der Waals surface area (Å²) in [6.07, 6.45) is -9.32. The van der Waals surface area contributed by atoms with Gasteiger partial charge in [-0.05, 0) is 32.9 Å². The second kappa shape index (κ2) is 9.21. The quantitative estimate of drug-likeness (QED) is 0.603. The Morgan fingerprint density at radius 2 is 1.82 bits per heavy atom. The largest absolute Gasteiger partial charge is 0.444 e. The van der Waals surface area contributed by atoms with Crippen LogP contribution < -0.4 is 4.90 Å². The minimum Gasteiger partial charge on any atom is -0.444 e. The van der Waals surface area contributed by atoms with Gasteiger partial charge in [-0.2, -0.15) is 26.3 Å². The maximum atomic E-state index is 13.4. The first-order valence-corrected chi connectivity index (χ1v) is 10.9. The van der Waals surface area contributed by atoms with Crippen LogP contribution in [0.2, 0.25) is 0 Å². The zero-order chi connectivity index (χ0) is 25.5. The molecule has 1 fully saturated rings. The van der Waals surface area contributed by atoms with Gasteiger partial charge in [-0.1, -0.05) is 11.3 Å². The lowest BCUT2D eigenvalue weighted by Crippen LogP contribution is -2.57. The third-order valence-electron chi connectivity index (χ3n) is 4.79. The highest BCUT2D eigenvalue weighted by atomic mass is 32.1. The molecule has 0 aromatic carbocycles. The van der Waals surface area contributed by atoms with Crippen LogP contribution in [0, 0.1) is 0 Å². The Kier molecular flexibility index (Phi) is 7.04. The Morgan fingerprint density at radius 1 is 1.15 bits per heavy atom. The third-order valence-corrected chi connectivity index (χ3v) is 5.95. The first kappa shape index (κ1) is 26.0. The lowest BCUT2D eigenvalue weighted by Gasteiger charge is -2.41. The molecule has 7 nitrogen and oxygen atoms in total. The van der Waals surface area contributed by atoms with E-state index in [0.717, 1.165) is 12.3 Å². The van der Waals surface area contributed by atoms with E-state index in [1.165, 1.54) is 9.80 Å². The van der Waals surface area contributed by atoms with E-state index in [4.69, 9.17) is 4.74 Å². The number of ether oxygens (including phenoxy) is 1. The van der Waals surface area contributed by atoms with Gasteiger partial charge in [0, 0.05) is 31.4 Å². The minimum atomic E-state index is -4.77. The number of halogens is 6. The molecule has 34 heavy (non-hydrogen) atoms. The Morgan fingerprint density at radius 3 is 2.32 bits per heavy atom. The van der Waals surface area contributed by atoms with Crippen LogP contribution in [0.5, 0.6) is 0 Å². The molecular weight excluding hydrogens is 490 g/mol. The van der Waals surface area contributed by atoms with Gasteiger partial charge in [-0.3, -0.25) is 9.88 Å². The van der Waals surface area contributed by atoms with E-state index in [0.29, 0.717) is 17.4 Å². The topological polar surface area (TPSA) is 78.8 Å². The molecule has 1 aliphatic rings. The van der Waals surface area contributed by atoms with E-state index in [1.807, 2.05) is 0 Å². The molecular formula is C20H22F6N4O3S.